The Balaban J connectivity index is 1.64. The van der Waals surface area contributed by atoms with E-state index in [9.17, 15) is 22.8 Å². The van der Waals surface area contributed by atoms with Crippen molar-refractivity contribution in [2.24, 2.45) is 5.92 Å². The van der Waals surface area contributed by atoms with E-state index in [2.05, 4.69) is 4.98 Å². The van der Waals surface area contributed by atoms with Crippen LogP contribution >= 0.6 is 0 Å². The minimum atomic E-state index is -4.46. The molecule has 0 unspecified atom stereocenters. The molecule has 0 atom stereocenters. The van der Waals surface area contributed by atoms with Gasteiger partial charge in [0.25, 0.3) is 5.91 Å². The summed E-state index contributed by atoms with van der Waals surface area (Å²) in [4.78, 5) is 30.9. The molecule has 3 saturated carbocycles. The highest BCUT2D eigenvalue weighted by Gasteiger charge is 2.61. The Morgan fingerprint density at radius 1 is 1.07 bits per heavy atom. The Morgan fingerprint density at radius 3 is 2.36 bits per heavy atom. The van der Waals surface area contributed by atoms with Gasteiger partial charge in [0.1, 0.15) is 0 Å². The van der Waals surface area contributed by atoms with Gasteiger partial charge in [0.15, 0.2) is 0 Å². The van der Waals surface area contributed by atoms with Crippen molar-refractivity contribution in [3.05, 3.63) is 57.5 Å². The van der Waals surface area contributed by atoms with Gasteiger partial charge < -0.3 is 9.88 Å². The zero-order valence-corrected chi connectivity index (χ0v) is 15.1. The minimum Gasteiger partial charge on any atom is -0.347 e. The quantitative estimate of drug-likeness (QED) is 0.853. The van der Waals surface area contributed by atoms with Crippen molar-refractivity contribution in [3.63, 3.8) is 0 Å². The number of halogens is 3. The average Bonchev–Trinajstić information content (AvgIpc) is 2.54. The van der Waals surface area contributed by atoms with Crippen molar-refractivity contribution < 1.29 is 18.0 Å². The maximum absolute atomic E-state index is 13.3. The number of nitrogens with zero attached hydrogens (tertiary/aromatic N) is 2. The largest absolute Gasteiger partial charge is 0.416 e. The lowest BCUT2D eigenvalue weighted by molar-refractivity contribution is -0.137. The molecule has 3 aliphatic carbocycles. The number of carbonyl (C=O) groups is 1. The number of benzene rings is 1. The Labute approximate surface area is 158 Å². The van der Waals surface area contributed by atoms with Gasteiger partial charge in [-0.2, -0.15) is 13.2 Å². The monoisotopic (exact) mass is 389 g/mol. The molecule has 5 nitrogen and oxygen atoms in total. The number of aryl methyl sites for hydroxylation is 1. The number of hydrogen-bond donors (Lipinski definition) is 1. The van der Waals surface area contributed by atoms with E-state index in [1.165, 1.54) is 12.1 Å². The molecule has 0 radical (unpaired) electrons. The molecule has 8 heteroatoms. The number of fused-ring (bicyclic) bond motifs is 1. The molecule has 1 amide bonds. The third-order valence-electron chi connectivity index (χ3n) is 6.33. The van der Waals surface area contributed by atoms with Crippen LogP contribution in [0.3, 0.4) is 0 Å². The molecular formula is C20H18F3N3O2. The normalized spacial score (nSPS) is 25.9. The van der Waals surface area contributed by atoms with Gasteiger partial charge in [0, 0.05) is 17.3 Å². The topological polar surface area (TPSA) is 56.4 Å². The molecule has 3 fully saturated rings. The number of alkyl halides is 3. The van der Waals surface area contributed by atoms with Gasteiger partial charge in [-0.3, -0.25) is 14.5 Å². The van der Waals surface area contributed by atoms with E-state index in [-0.39, 0.29) is 29.2 Å². The first kappa shape index (κ1) is 17.3. The fourth-order valence-corrected chi connectivity index (χ4v) is 4.76. The van der Waals surface area contributed by atoms with E-state index < -0.39 is 11.7 Å². The molecule has 1 aromatic heterocycles. The first-order valence-corrected chi connectivity index (χ1v) is 9.19. The summed E-state index contributed by atoms with van der Waals surface area (Å²) in [7, 11) is 0. The molecule has 0 spiro atoms. The zero-order valence-electron chi connectivity index (χ0n) is 15.1. The summed E-state index contributed by atoms with van der Waals surface area (Å²) in [6.45, 7) is 1.88. The van der Waals surface area contributed by atoms with Gasteiger partial charge in [-0.05, 0) is 56.4 Å². The number of pyridine rings is 1. The molecule has 6 rings (SSSR count). The highest BCUT2D eigenvalue weighted by atomic mass is 19.4. The molecule has 1 aromatic carbocycles. The van der Waals surface area contributed by atoms with E-state index in [0.717, 1.165) is 31.4 Å². The van der Waals surface area contributed by atoms with E-state index in [4.69, 9.17) is 0 Å². The van der Waals surface area contributed by atoms with Crippen LogP contribution in [0.2, 0.25) is 0 Å². The first-order chi connectivity index (χ1) is 13.2. The van der Waals surface area contributed by atoms with E-state index in [1.54, 1.807) is 17.9 Å². The molecular weight excluding hydrogens is 371 g/mol. The van der Waals surface area contributed by atoms with Crippen molar-refractivity contribution in [2.45, 2.75) is 37.9 Å². The van der Waals surface area contributed by atoms with Crippen LogP contribution in [-0.4, -0.2) is 23.1 Å². The maximum Gasteiger partial charge on any atom is 0.416 e. The highest BCUT2D eigenvalue weighted by molar-refractivity contribution is 6.12. The van der Waals surface area contributed by atoms with Crippen molar-refractivity contribution in [3.8, 4) is 0 Å². The number of carbonyl (C=O) groups excluding carboxylic acids is 1. The second-order valence-electron chi connectivity index (χ2n) is 8.07. The van der Waals surface area contributed by atoms with Gasteiger partial charge in [-0.1, -0.05) is 0 Å². The summed E-state index contributed by atoms with van der Waals surface area (Å²) in [6, 6.07) is 6.27. The summed E-state index contributed by atoms with van der Waals surface area (Å²) < 4.78 is 39.8. The number of anilines is 2. The Bertz CT molecular complexity index is 1040. The third-order valence-corrected chi connectivity index (χ3v) is 6.33. The summed E-state index contributed by atoms with van der Waals surface area (Å²) in [5, 5.41) is 0. The van der Waals surface area contributed by atoms with Gasteiger partial charge >= 0.3 is 6.18 Å². The van der Waals surface area contributed by atoms with Crippen LogP contribution in [0.5, 0.6) is 0 Å². The molecule has 1 N–H and O–H groups in total. The highest BCUT2D eigenvalue weighted by Crippen LogP contribution is 2.62. The van der Waals surface area contributed by atoms with Gasteiger partial charge in [0.2, 0.25) is 5.56 Å². The summed E-state index contributed by atoms with van der Waals surface area (Å²) in [5.41, 5.74) is 0.548. The number of H-pyrrole nitrogens is 1. The lowest BCUT2D eigenvalue weighted by Gasteiger charge is -2.68. The van der Waals surface area contributed by atoms with Crippen molar-refractivity contribution in [1.29, 1.82) is 0 Å². The second kappa shape index (κ2) is 5.40. The summed E-state index contributed by atoms with van der Waals surface area (Å²) >= 11 is 0. The number of aromatic amines is 1. The van der Waals surface area contributed by atoms with E-state index >= 15 is 0 Å². The van der Waals surface area contributed by atoms with Crippen LogP contribution in [0, 0.1) is 12.8 Å². The Kier molecular flexibility index (Phi) is 3.34. The maximum atomic E-state index is 13.3. The second-order valence-corrected chi connectivity index (χ2v) is 8.07. The van der Waals surface area contributed by atoms with Crippen molar-refractivity contribution in [2.75, 3.05) is 16.5 Å². The van der Waals surface area contributed by atoms with Crippen LogP contribution in [0.15, 0.2) is 35.1 Å². The van der Waals surface area contributed by atoms with Crippen molar-refractivity contribution >= 4 is 17.3 Å². The van der Waals surface area contributed by atoms with Crippen LogP contribution in [-0.2, 0) is 6.18 Å². The van der Waals surface area contributed by atoms with Crippen LogP contribution in [0.1, 0.15) is 40.9 Å². The summed E-state index contributed by atoms with van der Waals surface area (Å²) in [6.07, 6.45) is -1.64. The minimum absolute atomic E-state index is 0.168. The van der Waals surface area contributed by atoms with Crippen LogP contribution in [0.25, 0.3) is 0 Å². The Hall–Kier alpha value is -2.77. The third kappa shape index (κ3) is 2.33. The number of nitrogens with one attached hydrogen (secondary N) is 1. The molecule has 2 heterocycles. The van der Waals surface area contributed by atoms with Crippen LogP contribution in [0.4, 0.5) is 24.5 Å². The van der Waals surface area contributed by atoms with Gasteiger partial charge in [0.05, 0.1) is 29.2 Å². The molecule has 0 saturated heterocycles. The summed E-state index contributed by atoms with van der Waals surface area (Å²) in [5.74, 6) is 0.275. The molecule has 28 heavy (non-hydrogen) atoms. The van der Waals surface area contributed by atoms with Crippen LogP contribution < -0.4 is 15.4 Å². The number of hydrogen-bond acceptors (Lipinski definition) is 3. The van der Waals surface area contributed by atoms with Crippen molar-refractivity contribution in [1.82, 2.24) is 4.98 Å². The molecule has 4 aliphatic rings. The molecule has 2 bridgehead atoms. The smallest absolute Gasteiger partial charge is 0.347 e. The lowest BCUT2D eigenvalue weighted by atomic mass is 9.49. The predicted molar refractivity (Wildman–Crippen MR) is 97.5 cm³/mol. The zero-order chi connectivity index (χ0) is 19.8. The first-order valence-electron chi connectivity index (χ1n) is 9.19. The molecule has 2 aromatic rings. The van der Waals surface area contributed by atoms with Gasteiger partial charge in [-0.15, -0.1) is 0 Å². The van der Waals surface area contributed by atoms with E-state index in [1.807, 2.05) is 4.90 Å². The Morgan fingerprint density at radius 2 is 1.79 bits per heavy atom. The number of aromatic nitrogens is 1. The SMILES string of the molecule is Cc1[nH]c(=O)ccc1N1CN(C23CC(C2)C3)c2cc(C(F)(F)F)ccc2C1=O. The predicted octanol–water partition coefficient (Wildman–Crippen LogP) is 3.68. The standard InChI is InChI=1S/C20H18F3N3O2/c1-11-15(4-5-17(27)24-11)25-10-26(19-7-12(8-19)9-19)16-6-13(20(21,22)23)2-3-14(16)18(25)28/h2-6,12H,7-10H2,1H3,(H,24,27). The average molecular weight is 389 g/mol. The van der Waals surface area contributed by atoms with Gasteiger partial charge in [-0.25, -0.2) is 0 Å². The molecule has 1 aliphatic heterocycles. The van der Waals surface area contributed by atoms with E-state index in [0.29, 0.717) is 23.0 Å². The fourth-order valence-electron chi connectivity index (χ4n) is 4.76. The fraction of sp³-hybridized carbons (Fsp3) is 0.400. The number of amides is 1. The number of rotatable bonds is 2. The lowest BCUT2D eigenvalue weighted by Crippen LogP contribution is -2.71. The molecule has 146 valence electrons.